The predicted octanol–water partition coefficient (Wildman–Crippen LogP) is 8.03. The molecule has 0 amide bonds. The van der Waals surface area contributed by atoms with Gasteiger partial charge in [0, 0.05) is 47.5 Å². The van der Waals surface area contributed by atoms with Gasteiger partial charge in [-0.05, 0) is 122 Å². The minimum absolute atomic E-state index is 0.523. The molecule has 0 unspecified atom stereocenters. The Balaban J connectivity index is 0.000000155. The Morgan fingerprint density at radius 1 is 0.579 bits per heavy atom. The molecule has 4 saturated heterocycles. The molecular weight excluding hydrogens is 604 g/mol. The Morgan fingerprint density at radius 3 is 1.32 bits per heavy atom. The van der Waals surface area contributed by atoms with E-state index in [1.807, 2.05) is 0 Å². The second-order valence-corrected chi connectivity index (χ2v) is 13.5. The van der Waals surface area contributed by atoms with E-state index in [1.165, 1.54) is 44.0 Å². The zero-order valence-corrected chi connectivity index (χ0v) is 26.2. The van der Waals surface area contributed by atoms with E-state index in [-0.39, 0.29) is 0 Å². The molecule has 4 nitrogen and oxygen atoms in total. The van der Waals surface area contributed by atoms with E-state index < -0.39 is 0 Å². The molecule has 4 atom stereocenters. The molecule has 0 radical (unpaired) electrons. The van der Waals surface area contributed by atoms with Crippen LogP contribution in [0.3, 0.4) is 0 Å². The van der Waals surface area contributed by atoms with E-state index in [2.05, 4.69) is 92.7 Å². The lowest BCUT2D eigenvalue weighted by atomic mass is 9.83. The van der Waals surface area contributed by atoms with Crippen molar-refractivity contribution in [3.8, 4) is 0 Å². The summed E-state index contributed by atoms with van der Waals surface area (Å²) < 4.78 is 13.4. The summed E-state index contributed by atoms with van der Waals surface area (Å²) in [5.74, 6) is 2.80. The fourth-order valence-electron chi connectivity index (χ4n) is 6.89. The molecule has 38 heavy (non-hydrogen) atoms. The summed E-state index contributed by atoms with van der Waals surface area (Å²) in [5, 5.41) is 7.35. The number of hydrogen-bond acceptors (Lipinski definition) is 4. The monoisotopic (exact) mass is 646 g/mol. The highest BCUT2D eigenvalue weighted by molar-refractivity contribution is 9.10. The van der Waals surface area contributed by atoms with Crippen LogP contribution in [0.2, 0.25) is 0 Å². The molecule has 0 aromatic heterocycles. The number of ether oxygens (including phenoxy) is 2. The van der Waals surface area contributed by atoms with Gasteiger partial charge in [0.1, 0.15) is 0 Å². The normalized spacial score (nSPS) is 28.7. The SMILES string of the molecule is C[C@@H]1CCN[C@@H]1c1cc(Br)ccc1C1CCOCC1.C[C@@H]1CCN[C@H]1c1cc(Br)ccc1C1CCOCC1. The first-order valence-electron chi connectivity index (χ1n) is 14.7. The van der Waals surface area contributed by atoms with Gasteiger partial charge >= 0.3 is 0 Å². The van der Waals surface area contributed by atoms with Gasteiger partial charge in [0.25, 0.3) is 0 Å². The Morgan fingerprint density at radius 2 is 0.974 bits per heavy atom. The van der Waals surface area contributed by atoms with E-state index in [1.54, 1.807) is 0 Å². The van der Waals surface area contributed by atoms with Gasteiger partial charge in [-0.1, -0.05) is 57.8 Å². The smallest absolute Gasteiger partial charge is 0.0471 e. The third kappa shape index (κ3) is 6.92. The summed E-state index contributed by atoms with van der Waals surface area (Å²) in [7, 11) is 0. The lowest BCUT2D eigenvalue weighted by Gasteiger charge is -2.28. The molecule has 4 fully saturated rings. The maximum atomic E-state index is 5.51. The summed E-state index contributed by atoms with van der Waals surface area (Å²) in [6.45, 7) is 10.7. The van der Waals surface area contributed by atoms with Crippen LogP contribution in [-0.2, 0) is 9.47 Å². The molecule has 208 valence electrons. The molecule has 2 aromatic carbocycles. The fraction of sp³-hybridized carbons (Fsp3) is 0.625. The Kier molecular flexibility index (Phi) is 10.4. The van der Waals surface area contributed by atoms with Crippen molar-refractivity contribution in [2.24, 2.45) is 11.8 Å². The molecule has 4 heterocycles. The van der Waals surface area contributed by atoms with Gasteiger partial charge in [-0.25, -0.2) is 0 Å². The van der Waals surface area contributed by atoms with Gasteiger partial charge in [-0.15, -0.1) is 0 Å². The van der Waals surface area contributed by atoms with Crippen LogP contribution in [0.15, 0.2) is 45.3 Å². The fourth-order valence-corrected chi connectivity index (χ4v) is 7.65. The molecule has 4 aliphatic rings. The van der Waals surface area contributed by atoms with Crippen LogP contribution in [0.25, 0.3) is 0 Å². The predicted molar refractivity (Wildman–Crippen MR) is 163 cm³/mol. The second kappa shape index (κ2) is 13.7. The molecular formula is C32H44Br2N2O2. The van der Waals surface area contributed by atoms with Crippen molar-refractivity contribution in [2.75, 3.05) is 39.5 Å². The number of benzene rings is 2. The minimum atomic E-state index is 0.523. The first-order valence-corrected chi connectivity index (χ1v) is 16.3. The highest BCUT2D eigenvalue weighted by Gasteiger charge is 2.30. The zero-order valence-electron chi connectivity index (χ0n) is 23.0. The highest BCUT2D eigenvalue weighted by Crippen LogP contribution is 2.40. The van der Waals surface area contributed by atoms with Crippen molar-refractivity contribution in [1.29, 1.82) is 0 Å². The van der Waals surface area contributed by atoms with Crippen molar-refractivity contribution >= 4 is 31.9 Å². The maximum Gasteiger partial charge on any atom is 0.0471 e. The number of nitrogens with one attached hydrogen (secondary N) is 2. The van der Waals surface area contributed by atoms with E-state index in [0.29, 0.717) is 23.9 Å². The van der Waals surface area contributed by atoms with Gasteiger partial charge in [0.2, 0.25) is 0 Å². The van der Waals surface area contributed by atoms with Crippen LogP contribution in [-0.4, -0.2) is 39.5 Å². The molecule has 2 N–H and O–H groups in total. The summed E-state index contributed by atoms with van der Waals surface area (Å²) in [4.78, 5) is 0. The van der Waals surface area contributed by atoms with Gasteiger partial charge in [0.15, 0.2) is 0 Å². The van der Waals surface area contributed by atoms with Crippen molar-refractivity contribution in [3.63, 3.8) is 0 Å². The van der Waals surface area contributed by atoms with E-state index >= 15 is 0 Å². The average molecular weight is 649 g/mol. The Hall–Kier alpha value is -0.760. The molecule has 6 heteroatoms. The van der Waals surface area contributed by atoms with Crippen LogP contribution in [0.4, 0.5) is 0 Å². The zero-order chi connectivity index (χ0) is 26.5. The highest BCUT2D eigenvalue weighted by atomic mass is 79.9. The molecule has 2 aromatic rings. The summed E-state index contributed by atoms with van der Waals surface area (Å²) in [6, 6.07) is 14.7. The molecule has 0 aliphatic carbocycles. The van der Waals surface area contributed by atoms with E-state index in [9.17, 15) is 0 Å². The van der Waals surface area contributed by atoms with Gasteiger partial charge < -0.3 is 20.1 Å². The van der Waals surface area contributed by atoms with Crippen molar-refractivity contribution in [2.45, 2.75) is 76.3 Å². The average Bonchev–Trinajstić information content (AvgIpc) is 3.57. The quantitative estimate of drug-likeness (QED) is 0.353. The van der Waals surface area contributed by atoms with Crippen molar-refractivity contribution < 1.29 is 9.47 Å². The van der Waals surface area contributed by atoms with Crippen LogP contribution in [0.1, 0.15) is 98.5 Å². The lowest BCUT2D eigenvalue weighted by molar-refractivity contribution is 0.0849. The number of halogens is 2. The van der Waals surface area contributed by atoms with Gasteiger partial charge in [-0.2, -0.15) is 0 Å². The number of rotatable bonds is 4. The summed E-state index contributed by atoms with van der Waals surface area (Å²) in [5.41, 5.74) is 6.09. The Bertz CT molecular complexity index is 968. The van der Waals surface area contributed by atoms with Crippen LogP contribution >= 0.6 is 31.9 Å². The molecule has 4 aliphatic heterocycles. The van der Waals surface area contributed by atoms with Crippen LogP contribution in [0.5, 0.6) is 0 Å². The molecule has 6 rings (SSSR count). The second-order valence-electron chi connectivity index (χ2n) is 11.7. The Labute approximate surface area is 246 Å². The molecule has 0 saturated carbocycles. The van der Waals surface area contributed by atoms with Gasteiger partial charge in [0.05, 0.1) is 0 Å². The summed E-state index contributed by atoms with van der Waals surface area (Å²) in [6.07, 6.45) is 7.21. The third-order valence-corrected chi connectivity index (χ3v) is 10.1. The first-order chi connectivity index (χ1) is 18.5. The first kappa shape index (κ1) is 28.8. The maximum absolute atomic E-state index is 5.51. The standard InChI is InChI=1S/2C16H22BrNO/c2*1-11-4-7-18-16(11)15-10-13(17)2-3-14(15)12-5-8-19-9-6-12/h2*2-3,10-12,16,18H,4-9H2,1H3/t11-,16+;11-,16-/m11/s1. The summed E-state index contributed by atoms with van der Waals surface area (Å²) >= 11 is 7.27. The van der Waals surface area contributed by atoms with E-state index in [4.69, 9.17) is 9.47 Å². The van der Waals surface area contributed by atoms with Crippen molar-refractivity contribution in [3.05, 3.63) is 67.6 Å². The molecule has 0 spiro atoms. The van der Waals surface area contributed by atoms with Crippen LogP contribution < -0.4 is 10.6 Å². The van der Waals surface area contributed by atoms with Crippen molar-refractivity contribution in [1.82, 2.24) is 10.6 Å². The largest absolute Gasteiger partial charge is 0.381 e. The van der Waals surface area contributed by atoms with Gasteiger partial charge in [-0.3, -0.25) is 0 Å². The van der Waals surface area contributed by atoms with E-state index in [0.717, 1.165) is 77.0 Å². The topological polar surface area (TPSA) is 42.5 Å². The minimum Gasteiger partial charge on any atom is -0.381 e. The third-order valence-electron chi connectivity index (χ3n) is 9.16. The number of hydrogen-bond donors (Lipinski definition) is 2. The van der Waals surface area contributed by atoms with Crippen LogP contribution in [0, 0.1) is 11.8 Å². The molecule has 0 bridgehead atoms. The lowest BCUT2D eigenvalue weighted by Crippen LogP contribution is -2.21.